The van der Waals surface area contributed by atoms with Crippen molar-refractivity contribution in [2.24, 2.45) is 11.8 Å². The summed E-state index contributed by atoms with van der Waals surface area (Å²) >= 11 is 3.07. The van der Waals surface area contributed by atoms with Gasteiger partial charge in [-0.1, -0.05) is 13.8 Å². The molecule has 0 amide bonds. The highest BCUT2D eigenvalue weighted by atomic mass is 79.9. The van der Waals surface area contributed by atoms with Gasteiger partial charge in [-0.3, -0.25) is 0 Å². The molecule has 1 saturated carbocycles. The molecule has 0 saturated heterocycles. The standard InChI is InChI=1S/C13H18BrFN2O2S/c1-7-3-4-12(8(7)2)17-20(18,19)13-6-11(16)9(14)5-10(13)15/h5-8,12,17H,3-4,16H2,1-2H3. The molecule has 1 aromatic carbocycles. The van der Waals surface area contributed by atoms with Crippen molar-refractivity contribution in [3.05, 3.63) is 22.4 Å². The SMILES string of the molecule is CC1CCC(NS(=O)(=O)c2cc(N)c(Br)cc2F)C1C. The van der Waals surface area contributed by atoms with E-state index < -0.39 is 20.7 Å². The van der Waals surface area contributed by atoms with E-state index in [-0.39, 0.29) is 17.6 Å². The molecular formula is C13H18BrFN2O2S. The van der Waals surface area contributed by atoms with Gasteiger partial charge in [-0.05, 0) is 52.7 Å². The van der Waals surface area contributed by atoms with Crippen LogP contribution in [0.5, 0.6) is 0 Å². The molecule has 0 heterocycles. The highest BCUT2D eigenvalue weighted by Crippen LogP contribution is 2.33. The molecule has 0 radical (unpaired) electrons. The lowest BCUT2D eigenvalue weighted by molar-refractivity contribution is 0.401. The summed E-state index contributed by atoms with van der Waals surface area (Å²) in [7, 11) is -3.90. The van der Waals surface area contributed by atoms with Crippen LogP contribution in [0, 0.1) is 17.7 Å². The van der Waals surface area contributed by atoms with Gasteiger partial charge in [0, 0.05) is 16.2 Å². The Labute approximate surface area is 127 Å². The molecular weight excluding hydrogens is 347 g/mol. The summed E-state index contributed by atoms with van der Waals surface area (Å²) in [6.45, 7) is 4.11. The van der Waals surface area contributed by atoms with Gasteiger partial charge in [-0.25, -0.2) is 17.5 Å². The molecule has 20 heavy (non-hydrogen) atoms. The van der Waals surface area contributed by atoms with Crippen LogP contribution in [-0.4, -0.2) is 14.5 Å². The van der Waals surface area contributed by atoms with Crippen LogP contribution in [0.2, 0.25) is 0 Å². The zero-order valence-corrected chi connectivity index (χ0v) is 13.8. The molecule has 1 fully saturated rings. The second-order valence-electron chi connectivity index (χ2n) is 5.45. The smallest absolute Gasteiger partial charge is 0.243 e. The van der Waals surface area contributed by atoms with Crippen molar-refractivity contribution in [3.63, 3.8) is 0 Å². The van der Waals surface area contributed by atoms with Gasteiger partial charge in [0.2, 0.25) is 10.0 Å². The molecule has 112 valence electrons. The van der Waals surface area contributed by atoms with E-state index in [0.29, 0.717) is 10.4 Å². The first kappa shape index (κ1) is 15.7. The van der Waals surface area contributed by atoms with Crippen molar-refractivity contribution in [2.75, 3.05) is 5.73 Å². The maximum absolute atomic E-state index is 13.9. The topological polar surface area (TPSA) is 72.2 Å². The van der Waals surface area contributed by atoms with Gasteiger partial charge < -0.3 is 5.73 Å². The zero-order valence-electron chi connectivity index (χ0n) is 11.4. The Morgan fingerprint density at radius 2 is 2.00 bits per heavy atom. The number of benzene rings is 1. The highest BCUT2D eigenvalue weighted by Gasteiger charge is 2.34. The Bertz CT molecular complexity index is 621. The Hall–Kier alpha value is -0.660. The largest absolute Gasteiger partial charge is 0.398 e. The second-order valence-corrected chi connectivity index (χ2v) is 7.98. The Morgan fingerprint density at radius 3 is 2.55 bits per heavy atom. The maximum atomic E-state index is 13.9. The van der Waals surface area contributed by atoms with Gasteiger partial charge in [-0.15, -0.1) is 0 Å². The third-order valence-corrected chi connectivity index (χ3v) is 6.30. The molecule has 0 aromatic heterocycles. The number of nitrogens with two attached hydrogens (primary N) is 1. The second kappa shape index (κ2) is 5.61. The lowest BCUT2D eigenvalue weighted by atomic mass is 9.98. The molecule has 1 aromatic rings. The molecule has 3 N–H and O–H groups in total. The van der Waals surface area contributed by atoms with Crippen LogP contribution in [0.15, 0.2) is 21.5 Å². The average molecular weight is 365 g/mol. The maximum Gasteiger partial charge on any atom is 0.243 e. The summed E-state index contributed by atoms with van der Waals surface area (Å²) in [6.07, 6.45) is 1.74. The third-order valence-electron chi connectivity index (χ3n) is 4.11. The molecule has 0 spiro atoms. The van der Waals surface area contributed by atoms with Crippen LogP contribution < -0.4 is 10.5 Å². The van der Waals surface area contributed by atoms with Gasteiger partial charge in [-0.2, -0.15) is 0 Å². The van der Waals surface area contributed by atoms with Crippen LogP contribution >= 0.6 is 15.9 Å². The molecule has 1 aliphatic carbocycles. The Kier molecular flexibility index (Phi) is 4.41. The highest BCUT2D eigenvalue weighted by molar-refractivity contribution is 9.10. The number of hydrogen-bond acceptors (Lipinski definition) is 3. The van der Waals surface area contributed by atoms with Crippen molar-refractivity contribution < 1.29 is 12.8 Å². The fraction of sp³-hybridized carbons (Fsp3) is 0.538. The van der Waals surface area contributed by atoms with Gasteiger partial charge in [0.1, 0.15) is 10.7 Å². The number of nitrogens with one attached hydrogen (secondary N) is 1. The molecule has 1 aliphatic rings. The Balaban J connectivity index is 2.30. The Morgan fingerprint density at radius 1 is 1.35 bits per heavy atom. The van der Waals surface area contributed by atoms with Gasteiger partial charge in [0.25, 0.3) is 0 Å². The number of halogens is 2. The van der Waals surface area contributed by atoms with Gasteiger partial charge in [0.05, 0.1) is 0 Å². The quantitative estimate of drug-likeness (QED) is 0.809. The van der Waals surface area contributed by atoms with Crippen molar-refractivity contribution in [2.45, 2.75) is 37.6 Å². The lowest BCUT2D eigenvalue weighted by Crippen LogP contribution is -2.37. The van der Waals surface area contributed by atoms with E-state index in [9.17, 15) is 12.8 Å². The first-order chi connectivity index (χ1) is 9.22. The summed E-state index contributed by atoms with van der Waals surface area (Å²) in [6, 6.07) is 2.06. The van der Waals surface area contributed by atoms with E-state index in [1.807, 2.05) is 6.92 Å². The van der Waals surface area contributed by atoms with Crippen molar-refractivity contribution >= 4 is 31.6 Å². The lowest BCUT2D eigenvalue weighted by Gasteiger charge is -2.20. The normalized spacial score (nSPS) is 26.9. The number of anilines is 1. The summed E-state index contributed by atoms with van der Waals surface area (Å²) in [5.74, 6) is -0.111. The van der Waals surface area contributed by atoms with E-state index in [4.69, 9.17) is 5.73 Å². The van der Waals surface area contributed by atoms with Crippen LogP contribution in [-0.2, 0) is 10.0 Å². The van der Waals surface area contributed by atoms with E-state index >= 15 is 0 Å². The fourth-order valence-corrected chi connectivity index (χ4v) is 4.32. The fourth-order valence-electron chi connectivity index (χ4n) is 2.54. The van der Waals surface area contributed by atoms with Crippen molar-refractivity contribution in [1.82, 2.24) is 4.72 Å². The van der Waals surface area contributed by atoms with E-state index in [1.165, 1.54) is 0 Å². The zero-order chi connectivity index (χ0) is 15.1. The minimum Gasteiger partial charge on any atom is -0.398 e. The summed E-state index contributed by atoms with van der Waals surface area (Å²) in [5, 5.41) is 0. The van der Waals surface area contributed by atoms with E-state index in [2.05, 4.69) is 27.6 Å². The van der Waals surface area contributed by atoms with E-state index in [1.54, 1.807) is 0 Å². The van der Waals surface area contributed by atoms with Crippen LogP contribution in [0.3, 0.4) is 0 Å². The van der Waals surface area contributed by atoms with Gasteiger partial charge >= 0.3 is 0 Å². The molecule has 3 unspecified atom stereocenters. The number of nitrogen functional groups attached to an aromatic ring is 1. The molecule has 0 aliphatic heterocycles. The summed E-state index contributed by atoms with van der Waals surface area (Å²) in [5.41, 5.74) is 5.83. The van der Waals surface area contributed by atoms with Gasteiger partial charge in [0.15, 0.2) is 0 Å². The molecule has 7 heteroatoms. The minimum atomic E-state index is -3.90. The molecule has 4 nitrogen and oxygen atoms in total. The monoisotopic (exact) mass is 364 g/mol. The number of hydrogen-bond donors (Lipinski definition) is 2. The first-order valence-electron chi connectivity index (χ1n) is 6.49. The predicted octanol–water partition coefficient (Wildman–Crippen LogP) is 2.88. The first-order valence-corrected chi connectivity index (χ1v) is 8.77. The molecule has 2 rings (SSSR count). The summed E-state index contributed by atoms with van der Waals surface area (Å²) < 4.78 is 41.4. The average Bonchev–Trinajstić information content (AvgIpc) is 2.65. The van der Waals surface area contributed by atoms with Crippen LogP contribution in [0.1, 0.15) is 26.7 Å². The van der Waals surface area contributed by atoms with E-state index in [0.717, 1.165) is 25.0 Å². The van der Waals surface area contributed by atoms with Crippen LogP contribution in [0.4, 0.5) is 10.1 Å². The van der Waals surface area contributed by atoms with Crippen molar-refractivity contribution in [1.29, 1.82) is 0 Å². The molecule has 3 atom stereocenters. The summed E-state index contributed by atoms with van der Waals surface area (Å²) in [4.78, 5) is -0.398. The number of sulfonamides is 1. The molecule has 0 bridgehead atoms. The van der Waals surface area contributed by atoms with Crippen LogP contribution in [0.25, 0.3) is 0 Å². The minimum absolute atomic E-state index is 0.153. The predicted molar refractivity (Wildman–Crippen MR) is 80.2 cm³/mol. The number of rotatable bonds is 3. The third kappa shape index (κ3) is 2.99. The van der Waals surface area contributed by atoms with Crippen molar-refractivity contribution in [3.8, 4) is 0 Å².